The van der Waals surface area contributed by atoms with E-state index in [-0.39, 0.29) is 5.91 Å². The maximum atomic E-state index is 12.4. The van der Waals surface area contributed by atoms with Gasteiger partial charge >= 0.3 is 0 Å². The molecule has 0 aliphatic heterocycles. The van der Waals surface area contributed by atoms with Gasteiger partial charge < -0.3 is 10.1 Å². The van der Waals surface area contributed by atoms with E-state index in [0.29, 0.717) is 23.6 Å². The highest BCUT2D eigenvalue weighted by Crippen LogP contribution is 2.20. The van der Waals surface area contributed by atoms with Gasteiger partial charge in [0.2, 0.25) is 0 Å². The van der Waals surface area contributed by atoms with Crippen molar-refractivity contribution in [1.82, 2.24) is 4.98 Å². The number of benzene rings is 2. The summed E-state index contributed by atoms with van der Waals surface area (Å²) in [6, 6.07) is 20.5. The van der Waals surface area contributed by atoms with Crippen LogP contribution in [0.1, 0.15) is 16.1 Å². The van der Waals surface area contributed by atoms with Crippen LogP contribution in [0.4, 0.5) is 5.69 Å². The van der Waals surface area contributed by atoms with E-state index in [1.165, 1.54) is 0 Å². The molecule has 5 heteroatoms. The highest BCUT2D eigenvalue weighted by Gasteiger charge is 2.09. The number of ether oxygens (including phenoxy) is 1. The van der Waals surface area contributed by atoms with E-state index in [0.717, 1.165) is 9.26 Å². The standard InChI is InChI=1S/C19H15IN2O2/c20-18-10-2-1-9-17(18)19(23)22-14-7-5-8-16(12-14)24-13-15-6-3-4-11-21-15/h1-12H,13H2,(H,22,23). The lowest BCUT2D eigenvalue weighted by Gasteiger charge is -2.10. The Morgan fingerprint density at radius 2 is 1.88 bits per heavy atom. The van der Waals surface area contributed by atoms with Crippen LogP contribution in [0.2, 0.25) is 0 Å². The number of carbonyl (C=O) groups is 1. The summed E-state index contributed by atoms with van der Waals surface area (Å²) < 4.78 is 6.64. The largest absolute Gasteiger partial charge is 0.487 e. The molecule has 24 heavy (non-hydrogen) atoms. The minimum Gasteiger partial charge on any atom is -0.487 e. The molecule has 0 aliphatic carbocycles. The molecule has 0 unspecified atom stereocenters. The molecule has 0 fully saturated rings. The van der Waals surface area contributed by atoms with Crippen molar-refractivity contribution < 1.29 is 9.53 Å². The first-order valence-corrected chi connectivity index (χ1v) is 8.49. The zero-order chi connectivity index (χ0) is 16.8. The number of hydrogen-bond donors (Lipinski definition) is 1. The van der Waals surface area contributed by atoms with Crippen LogP contribution >= 0.6 is 22.6 Å². The van der Waals surface area contributed by atoms with Crippen LogP contribution in [-0.2, 0) is 6.61 Å². The molecule has 0 radical (unpaired) electrons. The number of anilines is 1. The Morgan fingerprint density at radius 1 is 1.04 bits per heavy atom. The van der Waals surface area contributed by atoms with Crippen molar-refractivity contribution in [2.75, 3.05) is 5.32 Å². The summed E-state index contributed by atoms with van der Waals surface area (Å²) in [5.74, 6) is 0.545. The van der Waals surface area contributed by atoms with Crippen molar-refractivity contribution in [3.63, 3.8) is 0 Å². The van der Waals surface area contributed by atoms with E-state index in [2.05, 4.69) is 32.9 Å². The van der Waals surface area contributed by atoms with Gasteiger partial charge in [-0.05, 0) is 59.0 Å². The minimum atomic E-state index is -0.137. The highest BCUT2D eigenvalue weighted by molar-refractivity contribution is 14.1. The summed E-state index contributed by atoms with van der Waals surface area (Å²) >= 11 is 2.15. The Labute approximate surface area is 154 Å². The maximum Gasteiger partial charge on any atom is 0.256 e. The minimum absolute atomic E-state index is 0.137. The van der Waals surface area contributed by atoms with Crippen LogP contribution in [-0.4, -0.2) is 10.9 Å². The fourth-order valence-electron chi connectivity index (χ4n) is 2.15. The molecule has 0 saturated carbocycles. The smallest absolute Gasteiger partial charge is 0.256 e. The molecule has 3 aromatic rings. The molecule has 3 rings (SSSR count). The second kappa shape index (κ2) is 7.92. The Kier molecular flexibility index (Phi) is 5.43. The normalized spacial score (nSPS) is 10.2. The van der Waals surface area contributed by atoms with Crippen molar-refractivity contribution in [2.24, 2.45) is 0 Å². The van der Waals surface area contributed by atoms with Crippen LogP contribution in [0.15, 0.2) is 72.9 Å². The Bertz CT molecular complexity index is 838. The van der Waals surface area contributed by atoms with E-state index >= 15 is 0 Å². The van der Waals surface area contributed by atoms with E-state index in [9.17, 15) is 4.79 Å². The first kappa shape index (κ1) is 16.4. The molecule has 0 saturated heterocycles. The van der Waals surface area contributed by atoms with Gasteiger partial charge in [-0.2, -0.15) is 0 Å². The van der Waals surface area contributed by atoms with Crippen LogP contribution in [0.5, 0.6) is 5.75 Å². The van der Waals surface area contributed by atoms with Crippen molar-refractivity contribution in [2.45, 2.75) is 6.61 Å². The highest BCUT2D eigenvalue weighted by atomic mass is 127. The fourth-order valence-corrected chi connectivity index (χ4v) is 2.78. The lowest BCUT2D eigenvalue weighted by molar-refractivity contribution is 0.102. The molecule has 0 spiro atoms. The number of hydrogen-bond acceptors (Lipinski definition) is 3. The molecule has 0 atom stereocenters. The third-order valence-electron chi connectivity index (χ3n) is 3.32. The molecule has 1 aromatic heterocycles. The molecule has 1 heterocycles. The molecule has 1 N–H and O–H groups in total. The van der Waals surface area contributed by atoms with Crippen molar-refractivity contribution in [3.05, 3.63) is 87.8 Å². The van der Waals surface area contributed by atoms with Gasteiger partial charge in [0, 0.05) is 21.5 Å². The molecule has 1 amide bonds. The van der Waals surface area contributed by atoms with Gasteiger partial charge in [-0.15, -0.1) is 0 Å². The van der Waals surface area contributed by atoms with Gasteiger partial charge in [-0.25, -0.2) is 0 Å². The molecular weight excluding hydrogens is 415 g/mol. The predicted octanol–water partition coefficient (Wildman–Crippen LogP) is 4.52. The summed E-state index contributed by atoms with van der Waals surface area (Å²) in [5, 5.41) is 2.90. The quantitative estimate of drug-likeness (QED) is 0.606. The molecule has 0 aliphatic rings. The summed E-state index contributed by atoms with van der Waals surface area (Å²) in [6.07, 6.45) is 1.73. The van der Waals surface area contributed by atoms with Crippen LogP contribution < -0.4 is 10.1 Å². The van der Waals surface area contributed by atoms with Crippen LogP contribution in [0.3, 0.4) is 0 Å². The van der Waals surface area contributed by atoms with Crippen molar-refractivity contribution >= 4 is 34.2 Å². The number of pyridine rings is 1. The zero-order valence-electron chi connectivity index (χ0n) is 12.8. The molecule has 2 aromatic carbocycles. The first-order chi connectivity index (χ1) is 11.7. The average Bonchev–Trinajstić information content (AvgIpc) is 2.61. The van der Waals surface area contributed by atoms with Crippen molar-refractivity contribution in [1.29, 1.82) is 0 Å². The summed E-state index contributed by atoms with van der Waals surface area (Å²) in [4.78, 5) is 16.6. The lowest BCUT2D eigenvalue weighted by Crippen LogP contribution is -2.13. The van der Waals surface area contributed by atoms with E-state index < -0.39 is 0 Å². The third-order valence-corrected chi connectivity index (χ3v) is 4.26. The first-order valence-electron chi connectivity index (χ1n) is 7.41. The topological polar surface area (TPSA) is 51.2 Å². The van der Waals surface area contributed by atoms with Gasteiger partial charge in [0.25, 0.3) is 5.91 Å². The monoisotopic (exact) mass is 430 g/mol. The van der Waals surface area contributed by atoms with Gasteiger partial charge in [-0.1, -0.05) is 24.3 Å². The van der Waals surface area contributed by atoms with E-state index in [1.54, 1.807) is 18.3 Å². The molecule has 0 bridgehead atoms. The summed E-state index contributed by atoms with van der Waals surface area (Å²) in [6.45, 7) is 0.384. The van der Waals surface area contributed by atoms with Crippen LogP contribution in [0, 0.1) is 3.57 Å². The number of rotatable bonds is 5. The third kappa shape index (κ3) is 4.32. The second-order valence-electron chi connectivity index (χ2n) is 5.07. The summed E-state index contributed by atoms with van der Waals surface area (Å²) in [7, 11) is 0. The number of nitrogens with one attached hydrogen (secondary N) is 1. The Hall–Kier alpha value is -2.41. The van der Waals surface area contributed by atoms with Gasteiger partial charge in [0.05, 0.1) is 11.3 Å². The van der Waals surface area contributed by atoms with Gasteiger partial charge in [0.1, 0.15) is 12.4 Å². The lowest BCUT2D eigenvalue weighted by atomic mass is 10.2. The zero-order valence-corrected chi connectivity index (χ0v) is 14.9. The Morgan fingerprint density at radius 3 is 2.67 bits per heavy atom. The number of amides is 1. The molecular formula is C19H15IN2O2. The van der Waals surface area contributed by atoms with E-state index in [4.69, 9.17) is 4.74 Å². The van der Waals surface area contributed by atoms with Crippen molar-refractivity contribution in [3.8, 4) is 5.75 Å². The summed E-state index contributed by atoms with van der Waals surface area (Å²) in [5.41, 5.74) is 2.20. The van der Waals surface area contributed by atoms with Gasteiger partial charge in [-0.3, -0.25) is 9.78 Å². The fraction of sp³-hybridized carbons (Fsp3) is 0.0526. The molecule has 4 nitrogen and oxygen atoms in total. The number of nitrogens with zero attached hydrogens (tertiary/aromatic N) is 1. The average molecular weight is 430 g/mol. The SMILES string of the molecule is O=C(Nc1cccc(OCc2ccccn2)c1)c1ccccc1I. The second-order valence-corrected chi connectivity index (χ2v) is 6.23. The Balaban J connectivity index is 1.67. The number of aromatic nitrogens is 1. The van der Waals surface area contributed by atoms with Gasteiger partial charge in [0.15, 0.2) is 0 Å². The maximum absolute atomic E-state index is 12.4. The number of carbonyl (C=O) groups excluding carboxylic acids is 1. The predicted molar refractivity (Wildman–Crippen MR) is 102 cm³/mol. The van der Waals surface area contributed by atoms with E-state index in [1.807, 2.05) is 54.6 Å². The number of halogens is 1. The molecule has 120 valence electrons. The van der Waals surface area contributed by atoms with Crippen LogP contribution in [0.25, 0.3) is 0 Å².